The molecule has 2 nitrogen and oxygen atoms in total. The molecule has 0 atom stereocenters. The number of aryl methyl sites for hydroxylation is 2. The molecule has 0 amide bonds. The maximum absolute atomic E-state index is 4.17. The molecule has 1 aromatic carbocycles. The predicted molar refractivity (Wildman–Crippen MR) is 74.8 cm³/mol. The Kier molecular flexibility index (Phi) is 2.63. The Hall–Kier alpha value is -2.09. The fourth-order valence-corrected chi connectivity index (χ4v) is 2.48. The van der Waals surface area contributed by atoms with Crippen LogP contribution in [0.5, 0.6) is 0 Å². The van der Waals surface area contributed by atoms with Crippen molar-refractivity contribution in [3.8, 4) is 0 Å². The van der Waals surface area contributed by atoms with E-state index in [2.05, 4.69) is 53.9 Å². The van der Waals surface area contributed by atoms with Crippen molar-refractivity contribution in [3.63, 3.8) is 0 Å². The van der Waals surface area contributed by atoms with E-state index in [0.29, 0.717) is 0 Å². The number of pyridine rings is 1. The van der Waals surface area contributed by atoms with Crippen molar-refractivity contribution < 1.29 is 0 Å². The summed E-state index contributed by atoms with van der Waals surface area (Å²) < 4.78 is 2.28. The van der Waals surface area contributed by atoms with Crippen LogP contribution >= 0.6 is 0 Å². The van der Waals surface area contributed by atoms with E-state index in [1.807, 2.05) is 18.5 Å². The number of fused-ring (bicyclic) bond motifs is 1. The topological polar surface area (TPSA) is 17.8 Å². The maximum atomic E-state index is 4.17. The molecular weight excluding hydrogens is 220 g/mol. The molecule has 0 aliphatic carbocycles. The minimum absolute atomic E-state index is 0.875. The average molecular weight is 236 g/mol. The van der Waals surface area contributed by atoms with Crippen molar-refractivity contribution >= 4 is 10.9 Å². The monoisotopic (exact) mass is 236 g/mol. The number of hydrogen-bond donors (Lipinski definition) is 0. The minimum Gasteiger partial charge on any atom is -0.343 e. The van der Waals surface area contributed by atoms with Gasteiger partial charge in [0.05, 0.1) is 0 Å². The van der Waals surface area contributed by atoms with Crippen molar-refractivity contribution in [2.75, 3.05) is 0 Å². The van der Waals surface area contributed by atoms with Crippen LogP contribution in [0.4, 0.5) is 0 Å². The number of benzene rings is 1. The van der Waals surface area contributed by atoms with Gasteiger partial charge in [-0.15, -0.1) is 0 Å². The molecule has 3 rings (SSSR count). The van der Waals surface area contributed by atoms with E-state index in [1.165, 1.54) is 27.6 Å². The lowest BCUT2D eigenvalue weighted by atomic mass is 10.1. The van der Waals surface area contributed by atoms with Gasteiger partial charge in [-0.3, -0.25) is 4.98 Å². The predicted octanol–water partition coefficient (Wildman–Crippen LogP) is 3.70. The van der Waals surface area contributed by atoms with E-state index in [4.69, 9.17) is 0 Å². The van der Waals surface area contributed by atoms with Gasteiger partial charge in [0.2, 0.25) is 0 Å². The second kappa shape index (κ2) is 4.30. The molecule has 0 N–H and O–H groups in total. The van der Waals surface area contributed by atoms with Gasteiger partial charge in [-0.25, -0.2) is 0 Å². The molecule has 0 unspecified atom stereocenters. The first-order chi connectivity index (χ1) is 8.74. The summed E-state index contributed by atoms with van der Waals surface area (Å²) in [6.45, 7) is 5.19. The van der Waals surface area contributed by atoms with Crippen LogP contribution in [0.2, 0.25) is 0 Å². The number of nitrogens with zero attached hydrogens (tertiary/aromatic N) is 2. The van der Waals surface area contributed by atoms with Crippen LogP contribution in [-0.4, -0.2) is 9.55 Å². The molecule has 0 spiro atoms. The Morgan fingerprint density at radius 1 is 1.17 bits per heavy atom. The minimum atomic E-state index is 0.875. The van der Waals surface area contributed by atoms with Gasteiger partial charge >= 0.3 is 0 Å². The third-order valence-corrected chi connectivity index (χ3v) is 3.32. The molecule has 0 saturated heterocycles. The SMILES string of the molecule is Cc1cc(C)c2ccn(Cc3cccnc3)c2c1. The van der Waals surface area contributed by atoms with Crippen LogP contribution in [0, 0.1) is 13.8 Å². The van der Waals surface area contributed by atoms with Gasteiger partial charge in [0.25, 0.3) is 0 Å². The van der Waals surface area contributed by atoms with Crippen molar-refractivity contribution in [2.45, 2.75) is 20.4 Å². The molecule has 0 aliphatic rings. The average Bonchev–Trinajstić information content (AvgIpc) is 2.74. The fraction of sp³-hybridized carbons (Fsp3) is 0.188. The smallest absolute Gasteiger partial charge is 0.0491 e. The van der Waals surface area contributed by atoms with Crippen LogP contribution in [0.25, 0.3) is 10.9 Å². The Balaban J connectivity index is 2.08. The van der Waals surface area contributed by atoms with Crippen LogP contribution in [0.15, 0.2) is 48.9 Å². The van der Waals surface area contributed by atoms with Crippen LogP contribution < -0.4 is 0 Å². The first kappa shape index (κ1) is 11.0. The summed E-state index contributed by atoms with van der Waals surface area (Å²) in [6.07, 6.45) is 5.89. The quantitative estimate of drug-likeness (QED) is 0.663. The molecule has 3 aromatic rings. The fourth-order valence-electron chi connectivity index (χ4n) is 2.48. The zero-order valence-electron chi connectivity index (χ0n) is 10.7. The number of hydrogen-bond acceptors (Lipinski definition) is 1. The highest BCUT2D eigenvalue weighted by Gasteiger charge is 2.05. The molecular formula is C16H16N2. The molecule has 90 valence electrons. The summed E-state index contributed by atoms with van der Waals surface area (Å²) in [6, 6.07) is 10.8. The van der Waals surface area contributed by atoms with Gasteiger partial charge in [0.1, 0.15) is 0 Å². The molecule has 2 heteroatoms. The van der Waals surface area contributed by atoms with E-state index >= 15 is 0 Å². The van der Waals surface area contributed by atoms with Crippen LogP contribution in [0.3, 0.4) is 0 Å². The summed E-state index contributed by atoms with van der Waals surface area (Å²) in [4.78, 5) is 4.17. The van der Waals surface area contributed by atoms with E-state index in [0.717, 1.165) is 6.54 Å². The molecule has 0 radical (unpaired) electrons. The van der Waals surface area contributed by atoms with Gasteiger partial charge in [-0.1, -0.05) is 12.1 Å². The third-order valence-electron chi connectivity index (χ3n) is 3.32. The molecule has 0 aliphatic heterocycles. The molecule has 0 fully saturated rings. The lowest BCUT2D eigenvalue weighted by Gasteiger charge is -2.07. The summed E-state index contributed by atoms with van der Waals surface area (Å²) in [7, 11) is 0. The van der Waals surface area contributed by atoms with Gasteiger partial charge in [0, 0.05) is 36.0 Å². The van der Waals surface area contributed by atoms with Crippen molar-refractivity contribution in [2.24, 2.45) is 0 Å². The van der Waals surface area contributed by atoms with Crippen molar-refractivity contribution in [1.29, 1.82) is 0 Å². The molecule has 0 bridgehead atoms. The Morgan fingerprint density at radius 2 is 2.06 bits per heavy atom. The standard InChI is InChI=1S/C16H16N2/c1-12-8-13(2)15-5-7-18(16(15)9-12)11-14-4-3-6-17-10-14/h3-10H,11H2,1-2H3. The van der Waals surface area contributed by atoms with E-state index in [1.54, 1.807) is 0 Å². The molecule has 2 heterocycles. The normalized spacial score (nSPS) is 11.0. The van der Waals surface area contributed by atoms with Gasteiger partial charge in [0.15, 0.2) is 0 Å². The zero-order valence-corrected chi connectivity index (χ0v) is 10.7. The summed E-state index contributed by atoms with van der Waals surface area (Å²) in [5.74, 6) is 0. The third kappa shape index (κ3) is 1.90. The molecule has 18 heavy (non-hydrogen) atoms. The lowest BCUT2D eigenvalue weighted by Crippen LogP contribution is -1.98. The highest BCUT2D eigenvalue weighted by molar-refractivity contribution is 5.84. The van der Waals surface area contributed by atoms with Crippen LogP contribution in [-0.2, 0) is 6.54 Å². The first-order valence-corrected chi connectivity index (χ1v) is 6.19. The number of rotatable bonds is 2. The molecule has 0 saturated carbocycles. The summed E-state index contributed by atoms with van der Waals surface area (Å²) in [5, 5.41) is 1.34. The van der Waals surface area contributed by atoms with Gasteiger partial charge < -0.3 is 4.57 Å². The second-order valence-corrected chi connectivity index (χ2v) is 4.82. The first-order valence-electron chi connectivity index (χ1n) is 6.19. The largest absolute Gasteiger partial charge is 0.343 e. The Labute approximate surface area is 107 Å². The zero-order chi connectivity index (χ0) is 12.5. The van der Waals surface area contributed by atoms with E-state index in [-0.39, 0.29) is 0 Å². The van der Waals surface area contributed by atoms with E-state index in [9.17, 15) is 0 Å². The molecule has 2 aromatic heterocycles. The summed E-state index contributed by atoms with van der Waals surface area (Å²) >= 11 is 0. The number of aromatic nitrogens is 2. The second-order valence-electron chi connectivity index (χ2n) is 4.82. The van der Waals surface area contributed by atoms with E-state index < -0.39 is 0 Å². The lowest BCUT2D eigenvalue weighted by molar-refractivity contribution is 0.831. The summed E-state index contributed by atoms with van der Waals surface area (Å²) in [5.41, 5.74) is 5.19. The van der Waals surface area contributed by atoms with Crippen molar-refractivity contribution in [3.05, 3.63) is 65.6 Å². The van der Waals surface area contributed by atoms with Gasteiger partial charge in [-0.2, -0.15) is 0 Å². The highest BCUT2D eigenvalue weighted by Crippen LogP contribution is 2.22. The van der Waals surface area contributed by atoms with Crippen molar-refractivity contribution in [1.82, 2.24) is 9.55 Å². The maximum Gasteiger partial charge on any atom is 0.0491 e. The Morgan fingerprint density at radius 3 is 2.83 bits per heavy atom. The Bertz CT molecular complexity index is 681. The van der Waals surface area contributed by atoms with Gasteiger partial charge in [-0.05, 0) is 48.7 Å². The highest BCUT2D eigenvalue weighted by atomic mass is 15.0. The van der Waals surface area contributed by atoms with Crippen LogP contribution in [0.1, 0.15) is 16.7 Å².